The van der Waals surface area contributed by atoms with E-state index >= 15 is 0 Å². The third-order valence-electron chi connectivity index (χ3n) is 5.85. The average molecular weight is 460 g/mol. The van der Waals surface area contributed by atoms with Gasteiger partial charge in [-0.25, -0.2) is 9.78 Å². The maximum atomic E-state index is 12.6. The van der Waals surface area contributed by atoms with E-state index < -0.39 is 6.09 Å². The highest BCUT2D eigenvalue weighted by molar-refractivity contribution is 7.11. The molecular weight excluding hydrogens is 434 g/mol. The lowest BCUT2D eigenvalue weighted by atomic mass is 10.1. The van der Waals surface area contributed by atoms with Gasteiger partial charge in [0, 0.05) is 62.5 Å². The monoisotopic (exact) mass is 459 g/mol. The van der Waals surface area contributed by atoms with Crippen LogP contribution in [0, 0.1) is 0 Å². The van der Waals surface area contributed by atoms with E-state index in [0.29, 0.717) is 55.5 Å². The van der Waals surface area contributed by atoms with Crippen LogP contribution in [0.2, 0.25) is 0 Å². The van der Waals surface area contributed by atoms with E-state index in [0.717, 1.165) is 5.56 Å². The molecule has 1 aromatic heterocycles. The number of thiazole rings is 1. The van der Waals surface area contributed by atoms with E-state index in [1.807, 2.05) is 4.90 Å². The quantitative estimate of drug-likeness (QED) is 0.595. The summed E-state index contributed by atoms with van der Waals surface area (Å²) in [5.74, 6) is -0.311. The number of carbonyl (C=O) groups is 3. The van der Waals surface area contributed by atoms with E-state index in [2.05, 4.69) is 10.3 Å². The lowest BCUT2D eigenvalue weighted by molar-refractivity contribution is -0.118. The number of anilines is 2. The van der Waals surface area contributed by atoms with Crippen molar-refractivity contribution in [2.45, 2.75) is 18.9 Å². The topological polar surface area (TPSA) is 126 Å². The summed E-state index contributed by atoms with van der Waals surface area (Å²) < 4.78 is 0. The van der Waals surface area contributed by atoms with Crippen molar-refractivity contribution < 1.29 is 24.6 Å². The summed E-state index contributed by atoms with van der Waals surface area (Å²) in [4.78, 5) is 45.4. The number of aliphatic hydroxyl groups excluding tert-OH is 1. The molecule has 170 valence electrons. The standard InChI is InChI=1S/C21H25N5O5S/c27-13-16(24-6-8-25(9-7-24)20(29)19-22-4-10-32-19)12-18(28)23-15-1-2-17-14(11-15)3-5-26(17)21(30)31/h1-2,4,10-11,16,27H,3,5-9,12-13H2,(H,23,28)(H,30,31). The van der Waals surface area contributed by atoms with Crippen molar-refractivity contribution in [2.75, 3.05) is 49.5 Å². The van der Waals surface area contributed by atoms with Crippen LogP contribution in [0.5, 0.6) is 0 Å². The van der Waals surface area contributed by atoms with Gasteiger partial charge in [0.15, 0.2) is 5.01 Å². The zero-order valence-electron chi connectivity index (χ0n) is 17.4. The number of fused-ring (bicyclic) bond motifs is 1. The fraction of sp³-hybridized carbons (Fsp3) is 0.429. The molecule has 3 heterocycles. The van der Waals surface area contributed by atoms with Crippen molar-refractivity contribution in [3.63, 3.8) is 0 Å². The van der Waals surface area contributed by atoms with Gasteiger partial charge in [-0.2, -0.15) is 0 Å². The second-order valence-electron chi connectivity index (χ2n) is 7.78. The summed E-state index contributed by atoms with van der Waals surface area (Å²) in [6.45, 7) is 2.42. The Morgan fingerprint density at radius 3 is 2.59 bits per heavy atom. The lowest BCUT2D eigenvalue weighted by Crippen LogP contribution is -2.53. The second-order valence-corrected chi connectivity index (χ2v) is 8.68. The highest BCUT2D eigenvalue weighted by Gasteiger charge is 2.29. The van der Waals surface area contributed by atoms with Gasteiger partial charge in [0.2, 0.25) is 5.91 Å². The van der Waals surface area contributed by atoms with Crippen LogP contribution < -0.4 is 10.2 Å². The number of benzene rings is 1. The molecule has 10 nitrogen and oxygen atoms in total. The maximum absolute atomic E-state index is 12.6. The second kappa shape index (κ2) is 9.63. The molecule has 2 aliphatic rings. The van der Waals surface area contributed by atoms with Crippen molar-refractivity contribution in [1.29, 1.82) is 0 Å². The number of aromatic nitrogens is 1. The molecule has 1 saturated heterocycles. The van der Waals surface area contributed by atoms with Gasteiger partial charge in [-0.05, 0) is 30.2 Å². The molecule has 3 N–H and O–H groups in total. The number of rotatable bonds is 6. The van der Waals surface area contributed by atoms with E-state index in [-0.39, 0.29) is 30.9 Å². The third-order valence-corrected chi connectivity index (χ3v) is 6.62. The molecule has 2 aromatic rings. The zero-order valence-corrected chi connectivity index (χ0v) is 18.3. The molecule has 1 unspecified atom stereocenters. The first kappa shape index (κ1) is 22.2. The smallest absolute Gasteiger partial charge is 0.411 e. The normalized spacial score (nSPS) is 17.2. The highest BCUT2D eigenvalue weighted by Crippen LogP contribution is 2.30. The van der Waals surface area contributed by atoms with Crippen LogP contribution >= 0.6 is 11.3 Å². The van der Waals surface area contributed by atoms with Gasteiger partial charge in [0.25, 0.3) is 5.91 Å². The molecule has 0 bridgehead atoms. The molecule has 0 spiro atoms. The van der Waals surface area contributed by atoms with Crippen LogP contribution in [0.15, 0.2) is 29.8 Å². The number of piperazine rings is 1. The minimum absolute atomic E-state index is 0.0870. The molecule has 1 atom stereocenters. The van der Waals surface area contributed by atoms with Crippen molar-refractivity contribution in [2.24, 2.45) is 0 Å². The average Bonchev–Trinajstić information content (AvgIpc) is 3.47. The summed E-state index contributed by atoms with van der Waals surface area (Å²) in [7, 11) is 0. The molecule has 2 aliphatic heterocycles. The summed E-state index contributed by atoms with van der Waals surface area (Å²) in [6.07, 6.45) is 1.35. The zero-order chi connectivity index (χ0) is 22.7. The van der Waals surface area contributed by atoms with E-state index in [9.17, 15) is 24.6 Å². The van der Waals surface area contributed by atoms with Gasteiger partial charge in [-0.15, -0.1) is 11.3 Å². The first-order valence-electron chi connectivity index (χ1n) is 10.4. The van der Waals surface area contributed by atoms with Gasteiger partial charge in [0.1, 0.15) is 0 Å². The highest BCUT2D eigenvalue weighted by atomic mass is 32.1. The molecule has 11 heteroatoms. The predicted molar refractivity (Wildman–Crippen MR) is 119 cm³/mol. The number of nitrogens with zero attached hydrogens (tertiary/aromatic N) is 4. The summed E-state index contributed by atoms with van der Waals surface area (Å²) in [6, 6.07) is 4.85. The Morgan fingerprint density at radius 2 is 1.94 bits per heavy atom. The number of aliphatic hydroxyl groups is 1. The summed E-state index contributed by atoms with van der Waals surface area (Å²) >= 11 is 1.31. The largest absolute Gasteiger partial charge is 0.465 e. The molecule has 3 amide bonds. The van der Waals surface area contributed by atoms with Crippen LogP contribution in [-0.2, 0) is 11.2 Å². The molecule has 0 aliphatic carbocycles. The minimum atomic E-state index is -0.986. The first-order valence-corrected chi connectivity index (χ1v) is 11.3. The molecular formula is C21H25N5O5S. The van der Waals surface area contributed by atoms with E-state index in [1.54, 1.807) is 34.7 Å². The van der Waals surface area contributed by atoms with Crippen LogP contribution in [-0.4, -0.2) is 88.3 Å². The van der Waals surface area contributed by atoms with Gasteiger partial charge >= 0.3 is 6.09 Å². The number of nitrogens with one attached hydrogen (secondary N) is 1. The molecule has 1 aromatic carbocycles. The number of carboxylic acid groups (broad SMARTS) is 1. The fourth-order valence-corrected chi connectivity index (χ4v) is 4.77. The lowest BCUT2D eigenvalue weighted by Gasteiger charge is -2.38. The molecule has 1 fully saturated rings. The van der Waals surface area contributed by atoms with Crippen molar-refractivity contribution >= 4 is 40.6 Å². The number of hydrogen-bond donors (Lipinski definition) is 3. The Morgan fingerprint density at radius 1 is 1.16 bits per heavy atom. The molecule has 0 radical (unpaired) electrons. The van der Waals surface area contributed by atoms with Gasteiger partial charge < -0.3 is 20.4 Å². The Bertz CT molecular complexity index is 990. The van der Waals surface area contributed by atoms with Crippen LogP contribution in [0.3, 0.4) is 0 Å². The van der Waals surface area contributed by atoms with Gasteiger partial charge in [0.05, 0.1) is 12.3 Å². The predicted octanol–water partition coefficient (Wildman–Crippen LogP) is 1.33. The van der Waals surface area contributed by atoms with Crippen molar-refractivity contribution in [1.82, 2.24) is 14.8 Å². The van der Waals surface area contributed by atoms with Gasteiger partial charge in [-0.3, -0.25) is 19.4 Å². The maximum Gasteiger partial charge on any atom is 0.411 e. The SMILES string of the molecule is O=C(CC(CO)N1CCN(C(=O)c2nccs2)CC1)Nc1ccc2c(c1)CCN2C(=O)O. The summed E-state index contributed by atoms with van der Waals surface area (Å²) in [5.41, 5.74) is 2.13. The van der Waals surface area contributed by atoms with Crippen LogP contribution in [0.25, 0.3) is 0 Å². The minimum Gasteiger partial charge on any atom is -0.465 e. The number of carbonyl (C=O) groups excluding carboxylic acids is 2. The Hall–Kier alpha value is -3.02. The van der Waals surface area contributed by atoms with E-state index in [1.165, 1.54) is 16.2 Å². The summed E-state index contributed by atoms with van der Waals surface area (Å²) in [5, 5.41) is 24.2. The number of amides is 3. The number of hydrogen-bond acceptors (Lipinski definition) is 7. The first-order chi connectivity index (χ1) is 15.5. The van der Waals surface area contributed by atoms with Crippen LogP contribution in [0.4, 0.5) is 16.2 Å². The van der Waals surface area contributed by atoms with Crippen molar-refractivity contribution in [3.05, 3.63) is 40.3 Å². The van der Waals surface area contributed by atoms with Crippen molar-refractivity contribution in [3.8, 4) is 0 Å². The Balaban J connectivity index is 1.30. The molecule has 32 heavy (non-hydrogen) atoms. The van der Waals surface area contributed by atoms with E-state index in [4.69, 9.17) is 0 Å². The third kappa shape index (κ3) is 4.74. The fourth-order valence-electron chi connectivity index (χ4n) is 4.17. The molecule has 0 saturated carbocycles. The molecule has 4 rings (SSSR count). The Labute approximate surface area is 189 Å². The Kier molecular flexibility index (Phi) is 6.68. The van der Waals surface area contributed by atoms with Crippen LogP contribution in [0.1, 0.15) is 21.8 Å². The van der Waals surface area contributed by atoms with Gasteiger partial charge in [-0.1, -0.05) is 0 Å².